The molecule has 0 saturated carbocycles. The van der Waals surface area contributed by atoms with Gasteiger partial charge in [0.15, 0.2) is 6.29 Å². The highest BCUT2D eigenvalue weighted by molar-refractivity contribution is 5.72. The summed E-state index contributed by atoms with van der Waals surface area (Å²) >= 11 is 0. The molecule has 1 aromatic rings. The Morgan fingerprint density at radius 1 is 1.54 bits per heavy atom. The molecule has 3 heteroatoms. The molecule has 0 aliphatic heterocycles. The van der Waals surface area contributed by atoms with Gasteiger partial charge in [-0.1, -0.05) is 0 Å². The van der Waals surface area contributed by atoms with Crippen molar-refractivity contribution in [2.75, 3.05) is 20.6 Å². The fourth-order valence-corrected chi connectivity index (χ4v) is 1.30. The maximum absolute atomic E-state index is 10.6. The van der Waals surface area contributed by atoms with Gasteiger partial charge in [-0.05, 0) is 39.2 Å². The Kier molecular flexibility index (Phi) is 3.71. The molecular weight excluding hydrogens is 164 g/mol. The molecule has 0 aliphatic rings. The van der Waals surface area contributed by atoms with Gasteiger partial charge in [0.1, 0.15) is 0 Å². The maximum atomic E-state index is 10.6. The van der Waals surface area contributed by atoms with Crippen LogP contribution in [-0.4, -0.2) is 36.4 Å². The number of carbonyl (C=O) groups is 1. The highest BCUT2D eigenvalue weighted by Crippen LogP contribution is 2.00. The first kappa shape index (κ1) is 9.99. The fraction of sp³-hybridized carbons (Fsp3) is 0.500. The van der Waals surface area contributed by atoms with E-state index in [4.69, 9.17) is 0 Å². The molecule has 0 fully saturated rings. The van der Waals surface area contributed by atoms with Gasteiger partial charge in [-0.25, -0.2) is 0 Å². The van der Waals surface area contributed by atoms with Gasteiger partial charge in [-0.15, -0.1) is 0 Å². The molecule has 1 aromatic heterocycles. The van der Waals surface area contributed by atoms with E-state index in [2.05, 4.69) is 19.0 Å². The quantitative estimate of drug-likeness (QED) is 0.637. The fourth-order valence-electron chi connectivity index (χ4n) is 1.30. The lowest BCUT2D eigenvalue weighted by molar-refractivity contribution is 0.111. The Hall–Kier alpha value is -1.09. The van der Waals surface area contributed by atoms with E-state index in [0.717, 1.165) is 31.5 Å². The third kappa shape index (κ3) is 3.03. The summed E-state index contributed by atoms with van der Waals surface area (Å²) in [4.78, 5) is 12.7. The Morgan fingerprint density at radius 3 is 2.92 bits per heavy atom. The summed E-state index contributed by atoms with van der Waals surface area (Å²) in [6.45, 7) is 1.97. The summed E-state index contributed by atoms with van der Waals surface area (Å²) in [6, 6.07) is 3.74. The van der Waals surface area contributed by atoms with E-state index in [1.54, 1.807) is 0 Å². The number of aryl methyl sites for hydroxylation is 1. The summed E-state index contributed by atoms with van der Waals surface area (Å²) in [5, 5.41) is 0. The van der Waals surface area contributed by atoms with Crippen molar-refractivity contribution in [3.8, 4) is 0 Å². The number of hydrogen-bond donors (Lipinski definition) is 0. The lowest BCUT2D eigenvalue weighted by atomic mass is 10.4. The van der Waals surface area contributed by atoms with Crippen LogP contribution in [0.4, 0.5) is 0 Å². The average Bonchev–Trinajstić information content (AvgIpc) is 2.51. The van der Waals surface area contributed by atoms with Gasteiger partial charge < -0.3 is 9.47 Å². The SMILES string of the molecule is CN(C)CCCn1cccc1C=O. The molecule has 72 valence electrons. The lowest BCUT2D eigenvalue weighted by Gasteiger charge is -2.10. The van der Waals surface area contributed by atoms with Crippen LogP contribution in [0.3, 0.4) is 0 Å². The Balaban J connectivity index is 2.40. The molecule has 0 bridgehead atoms. The monoisotopic (exact) mass is 180 g/mol. The molecule has 0 radical (unpaired) electrons. The zero-order valence-electron chi connectivity index (χ0n) is 8.23. The number of nitrogens with zero attached hydrogens (tertiary/aromatic N) is 2. The first-order valence-electron chi connectivity index (χ1n) is 4.49. The second-order valence-electron chi connectivity index (χ2n) is 3.40. The van der Waals surface area contributed by atoms with Gasteiger partial charge in [0, 0.05) is 12.7 Å². The first-order chi connectivity index (χ1) is 6.24. The molecule has 3 nitrogen and oxygen atoms in total. The van der Waals surface area contributed by atoms with Crippen molar-refractivity contribution in [1.29, 1.82) is 0 Å². The molecule has 1 heterocycles. The number of hydrogen-bond acceptors (Lipinski definition) is 2. The van der Waals surface area contributed by atoms with Gasteiger partial charge in [0.2, 0.25) is 0 Å². The highest BCUT2D eigenvalue weighted by atomic mass is 16.1. The zero-order chi connectivity index (χ0) is 9.68. The summed E-state index contributed by atoms with van der Waals surface area (Å²) < 4.78 is 1.98. The van der Waals surface area contributed by atoms with E-state index in [1.165, 1.54) is 0 Å². The van der Waals surface area contributed by atoms with Crippen molar-refractivity contribution in [3.05, 3.63) is 24.0 Å². The van der Waals surface area contributed by atoms with Gasteiger partial charge in [-0.2, -0.15) is 0 Å². The lowest BCUT2D eigenvalue weighted by Crippen LogP contribution is -2.15. The summed E-state index contributed by atoms with van der Waals surface area (Å²) in [5.41, 5.74) is 0.763. The van der Waals surface area contributed by atoms with Crippen molar-refractivity contribution in [2.24, 2.45) is 0 Å². The standard InChI is InChI=1S/C10H16N2O/c1-11(2)6-4-8-12-7-3-5-10(12)9-13/h3,5,7,9H,4,6,8H2,1-2H3. The minimum atomic E-state index is 0.763. The molecule has 0 amide bonds. The molecule has 0 spiro atoms. The van der Waals surface area contributed by atoms with Crippen LogP contribution in [0.25, 0.3) is 0 Å². The topological polar surface area (TPSA) is 25.2 Å². The van der Waals surface area contributed by atoms with Crippen LogP contribution >= 0.6 is 0 Å². The molecule has 1 rings (SSSR count). The van der Waals surface area contributed by atoms with Crippen LogP contribution in [0, 0.1) is 0 Å². The predicted octanol–water partition coefficient (Wildman–Crippen LogP) is 1.25. The van der Waals surface area contributed by atoms with Crippen molar-refractivity contribution in [3.63, 3.8) is 0 Å². The molecule has 0 N–H and O–H groups in total. The number of aromatic nitrogens is 1. The molecule has 0 aliphatic carbocycles. The predicted molar refractivity (Wildman–Crippen MR) is 53.0 cm³/mol. The Labute approximate surface area is 79.0 Å². The van der Waals surface area contributed by atoms with E-state index in [0.29, 0.717) is 0 Å². The third-order valence-electron chi connectivity index (χ3n) is 1.99. The smallest absolute Gasteiger partial charge is 0.166 e. The van der Waals surface area contributed by atoms with Crippen LogP contribution in [0.15, 0.2) is 18.3 Å². The van der Waals surface area contributed by atoms with E-state index < -0.39 is 0 Å². The Bertz CT molecular complexity index is 266. The van der Waals surface area contributed by atoms with Crippen LogP contribution in [0.2, 0.25) is 0 Å². The van der Waals surface area contributed by atoms with Crippen molar-refractivity contribution >= 4 is 6.29 Å². The summed E-state index contributed by atoms with van der Waals surface area (Å²) in [6.07, 6.45) is 3.91. The normalized spacial score (nSPS) is 10.7. The molecule has 0 saturated heterocycles. The molecular formula is C10H16N2O. The van der Waals surface area contributed by atoms with Crippen LogP contribution in [0.1, 0.15) is 16.9 Å². The van der Waals surface area contributed by atoms with Crippen molar-refractivity contribution in [1.82, 2.24) is 9.47 Å². The molecule has 0 aromatic carbocycles. The average molecular weight is 180 g/mol. The molecule has 0 unspecified atom stereocenters. The molecule has 0 atom stereocenters. The Morgan fingerprint density at radius 2 is 2.31 bits per heavy atom. The summed E-state index contributed by atoms with van der Waals surface area (Å²) in [5.74, 6) is 0. The van der Waals surface area contributed by atoms with E-state index in [1.807, 2.05) is 22.9 Å². The number of rotatable bonds is 5. The molecule has 13 heavy (non-hydrogen) atoms. The van der Waals surface area contributed by atoms with Crippen molar-refractivity contribution < 1.29 is 4.79 Å². The number of carbonyl (C=O) groups excluding carboxylic acids is 1. The van der Waals surface area contributed by atoms with Crippen LogP contribution in [-0.2, 0) is 6.54 Å². The van der Waals surface area contributed by atoms with Gasteiger partial charge in [0.25, 0.3) is 0 Å². The largest absolute Gasteiger partial charge is 0.345 e. The number of aldehydes is 1. The van der Waals surface area contributed by atoms with Crippen LogP contribution in [0.5, 0.6) is 0 Å². The van der Waals surface area contributed by atoms with Gasteiger partial charge in [-0.3, -0.25) is 4.79 Å². The minimum absolute atomic E-state index is 0.763. The van der Waals surface area contributed by atoms with Crippen molar-refractivity contribution in [2.45, 2.75) is 13.0 Å². The van der Waals surface area contributed by atoms with Gasteiger partial charge in [0.05, 0.1) is 5.69 Å². The van der Waals surface area contributed by atoms with E-state index in [9.17, 15) is 4.79 Å². The third-order valence-corrected chi connectivity index (χ3v) is 1.99. The second kappa shape index (κ2) is 4.82. The second-order valence-corrected chi connectivity index (χ2v) is 3.40. The maximum Gasteiger partial charge on any atom is 0.166 e. The van der Waals surface area contributed by atoms with Crippen LogP contribution < -0.4 is 0 Å². The highest BCUT2D eigenvalue weighted by Gasteiger charge is 1.98. The van der Waals surface area contributed by atoms with E-state index >= 15 is 0 Å². The van der Waals surface area contributed by atoms with Gasteiger partial charge >= 0.3 is 0 Å². The summed E-state index contributed by atoms with van der Waals surface area (Å²) in [7, 11) is 4.10. The zero-order valence-corrected chi connectivity index (χ0v) is 8.23. The van der Waals surface area contributed by atoms with E-state index in [-0.39, 0.29) is 0 Å². The minimum Gasteiger partial charge on any atom is -0.345 e. The first-order valence-corrected chi connectivity index (χ1v) is 4.49.